The Morgan fingerprint density at radius 2 is 0.885 bits per heavy atom. The highest BCUT2D eigenvalue weighted by atomic mass is 32.1. The summed E-state index contributed by atoms with van der Waals surface area (Å²) in [5, 5.41) is 7.64. The molecular formula is C50H33NS. The lowest BCUT2D eigenvalue weighted by atomic mass is 9.97. The third-order valence-corrected chi connectivity index (χ3v) is 11.4. The van der Waals surface area contributed by atoms with E-state index in [1.165, 1.54) is 75.1 Å². The molecule has 0 aliphatic rings. The summed E-state index contributed by atoms with van der Waals surface area (Å²) in [4.78, 5) is 2.40. The topological polar surface area (TPSA) is 3.24 Å². The summed E-state index contributed by atoms with van der Waals surface area (Å²) in [6.07, 6.45) is 0. The maximum absolute atomic E-state index is 2.40. The van der Waals surface area contributed by atoms with Crippen LogP contribution in [0.1, 0.15) is 0 Å². The van der Waals surface area contributed by atoms with Crippen LogP contribution in [-0.4, -0.2) is 0 Å². The summed E-state index contributed by atoms with van der Waals surface area (Å²) < 4.78 is 2.63. The largest absolute Gasteiger partial charge is 0.310 e. The zero-order chi connectivity index (χ0) is 34.4. The summed E-state index contributed by atoms with van der Waals surface area (Å²) in [6, 6.07) is 73.0. The Kier molecular flexibility index (Phi) is 7.41. The highest BCUT2D eigenvalue weighted by Gasteiger charge is 2.17. The average Bonchev–Trinajstić information content (AvgIpc) is 3.60. The lowest BCUT2D eigenvalue weighted by molar-refractivity contribution is 1.28. The maximum Gasteiger partial charge on any atom is 0.0467 e. The smallest absolute Gasteiger partial charge is 0.0467 e. The number of hydrogen-bond donors (Lipinski definition) is 0. The lowest BCUT2D eigenvalue weighted by Gasteiger charge is -2.27. The van der Waals surface area contributed by atoms with Gasteiger partial charge in [0.1, 0.15) is 0 Å². The van der Waals surface area contributed by atoms with E-state index in [1.54, 1.807) is 0 Å². The van der Waals surface area contributed by atoms with E-state index in [-0.39, 0.29) is 0 Å². The standard InChI is InChI=1S/C50H33NS/c1-2-13-37-31-38(26-25-34(37)11-1)35-27-29-41(30-28-35)51(42-17-7-15-39(32-42)45-21-9-14-36-12-3-4-19-44(36)45)43-18-8-16-40(33-43)46-22-10-24-49-50(46)47-20-5-6-23-48(47)52-49/h1-33H. The molecule has 10 aromatic rings. The molecule has 52 heavy (non-hydrogen) atoms. The van der Waals surface area contributed by atoms with E-state index in [0.29, 0.717) is 0 Å². The van der Waals surface area contributed by atoms with Gasteiger partial charge in [0.15, 0.2) is 0 Å². The molecule has 0 fully saturated rings. The number of rotatable bonds is 6. The third-order valence-electron chi connectivity index (χ3n) is 10.2. The molecule has 10 rings (SSSR count). The second-order valence-electron chi connectivity index (χ2n) is 13.3. The minimum absolute atomic E-state index is 1.11. The molecule has 1 heterocycles. The van der Waals surface area contributed by atoms with E-state index < -0.39 is 0 Å². The van der Waals surface area contributed by atoms with Crippen molar-refractivity contribution in [2.45, 2.75) is 0 Å². The SMILES string of the molecule is c1cc(-c2cccc3ccccc23)cc(N(c2ccc(-c3ccc4ccccc4c3)cc2)c2cccc(-c3cccc4sc5ccccc5c34)c2)c1. The Morgan fingerprint density at radius 3 is 1.69 bits per heavy atom. The van der Waals surface area contributed by atoms with E-state index in [0.717, 1.165) is 17.1 Å². The van der Waals surface area contributed by atoms with Crippen LogP contribution in [-0.2, 0) is 0 Å². The predicted octanol–water partition coefficient (Wildman–Crippen LogP) is 14.8. The molecule has 0 N–H and O–H groups in total. The number of fused-ring (bicyclic) bond motifs is 5. The number of anilines is 3. The summed E-state index contributed by atoms with van der Waals surface area (Å²) in [5.74, 6) is 0. The molecule has 9 aromatic carbocycles. The first kappa shape index (κ1) is 30.4. The van der Waals surface area contributed by atoms with Gasteiger partial charge in [-0.15, -0.1) is 11.3 Å². The fourth-order valence-electron chi connectivity index (χ4n) is 7.74. The number of benzene rings is 9. The van der Waals surface area contributed by atoms with Crippen LogP contribution in [0.2, 0.25) is 0 Å². The van der Waals surface area contributed by atoms with E-state index >= 15 is 0 Å². The van der Waals surface area contributed by atoms with E-state index in [9.17, 15) is 0 Å². The number of thiophene rings is 1. The van der Waals surface area contributed by atoms with Gasteiger partial charge in [-0.05, 0) is 110 Å². The van der Waals surface area contributed by atoms with Crippen LogP contribution in [0.15, 0.2) is 200 Å². The Morgan fingerprint density at radius 1 is 0.308 bits per heavy atom. The summed E-state index contributed by atoms with van der Waals surface area (Å²) >= 11 is 1.86. The molecule has 244 valence electrons. The lowest BCUT2D eigenvalue weighted by Crippen LogP contribution is -2.10. The number of nitrogens with zero attached hydrogens (tertiary/aromatic N) is 1. The van der Waals surface area contributed by atoms with E-state index in [4.69, 9.17) is 0 Å². The van der Waals surface area contributed by atoms with Crippen molar-refractivity contribution in [1.82, 2.24) is 0 Å². The Hall–Kier alpha value is -6.48. The Labute approximate surface area is 307 Å². The first-order valence-electron chi connectivity index (χ1n) is 17.8. The van der Waals surface area contributed by atoms with Gasteiger partial charge in [0.2, 0.25) is 0 Å². The summed E-state index contributed by atoms with van der Waals surface area (Å²) in [7, 11) is 0. The number of hydrogen-bond acceptors (Lipinski definition) is 2. The van der Waals surface area contributed by atoms with Gasteiger partial charge in [-0.25, -0.2) is 0 Å². The van der Waals surface area contributed by atoms with Gasteiger partial charge in [0.25, 0.3) is 0 Å². The average molecular weight is 680 g/mol. The van der Waals surface area contributed by atoms with Gasteiger partial charge in [-0.3, -0.25) is 0 Å². The molecular weight excluding hydrogens is 647 g/mol. The van der Waals surface area contributed by atoms with Crippen LogP contribution in [0, 0.1) is 0 Å². The first-order chi connectivity index (χ1) is 25.8. The molecule has 0 spiro atoms. The van der Waals surface area contributed by atoms with Crippen molar-refractivity contribution in [3.8, 4) is 33.4 Å². The molecule has 0 amide bonds. The van der Waals surface area contributed by atoms with Crippen LogP contribution in [0.25, 0.3) is 75.1 Å². The maximum atomic E-state index is 2.40. The van der Waals surface area contributed by atoms with Gasteiger partial charge in [-0.1, -0.05) is 146 Å². The summed E-state index contributed by atoms with van der Waals surface area (Å²) in [5.41, 5.74) is 10.6. The molecule has 0 bridgehead atoms. The van der Waals surface area contributed by atoms with Gasteiger partial charge in [-0.2, -0.15) is 0 Å². The van der Waals surface area contributed by atoms with E-state index in [2.05, 4.69) is 205 Å². The van der Waals surface area contributed by atoms with Crippen molar-refractivity contribution in [3.63, 3.8) is 0 Å². The molecule has 0 radical (unpaired) electrons. The van der Waals surface area contributed by atoms with Crippen molar-refractivity contribution < 1.29 is 0 Å². The van der Waals surface area contributed by atoms with Crippen LogP contribution in [0.4, 0.5) is 17.1 Å². The Balaban J connectivity index is 1.13. The van der Waals surface area contributed by atoms with Crippen molar-refractivity contribution in [2.24, 2.45) is 0 Å². The zero-order valence-corrected chi connectivity index (χ0v) is 29.2. The molecule has 0 atom stereocenters. The molecule has 0 saturated carbocycles. The molecule has 0 aliphatic heterocycles. The van der Waals surface area contributed by atoms with Crippen molar-refractivity contribution in [2.75, 3.05) is 4.90 Å². The van der Waals surface area contributed by atoms with Crippen LogP contribution in [0.3, 0.4) is 0 Å². The molecule has 0 aliphatic carbocycles. The molecule has 1 aromatic heterocycles. The minimum atomic E-state index is 1.11. The van der Waals surface area contributed by atoms with Crippen LogP contribution in [0.5, 0.6) is 0 Å². The van der Waals surface area contributed by atoms with Crippen LogP contribution < -0.4 is 4.90 Å². The monoisotopic (exact) mass is 679 g/mol. The minimum Gasteiger partial charge on any atom is -0.310 e. The molecule has 2 heteroatoms. The molecule has 1 nitrogen and oxygen atoms in total. The normalized spacial score (nSPS) is 11.5. The van der Waals surface area contributed by atoms with Crippen molar-refractivity contribution in [3.05, 3.63) is 200 Å². The molecule has 0 unspecified atom stereocenters. The van der Waals surface area contributed by atoms with Gasteiger partial charge in [0.05, 0.1) is 0 Å². The van der Waals surface area contributed by atoms with Gasteiger partial charge < -0.3 is 4.90 Å². The predicted molar refractivity (Wildman–Crippen MR) is 225 cm³/mol. The zero-order valence-electron chi connectivity index (χ0n) is 28.4. The van der Waals surface area contributed by atoms with Crippen molar-refractivity contribution >= 4 is 70.1 Å². The second-order valence-corrected chi connectivity index (χ2v) is 14.4. The fraction of sp³-hybridized carbons (Fsp3) is 0. The second kappa shape index (κ2) is 12.7. The Bertz CT molecular complexity index is 2910. The third kappa shape index (κ3) is 5.33. The highest BCUT2D eigenvalue weighted by molar-refractivity contribution is 7.25. The fourth-order valence-corrected chi connectivity index (χ4v) is 8.87. The molecule has 0 saturated heterocycles. The quantitative estimate of drug-likeness (QED) is 0.169. The highest BCUT2D eigenvalue weighted by Crippen LogP contribution is 2.43. The summed E-state index contributed by atoms with van der Waals surface area (Å²) in [6.45, 7) is 0. The van der Waals surface area contributed by atoms with Gasteiger partial charge >= 0.3 is 0 Å². The van der Waals surface area contributed by atoms with Crippen LogP contribution >= 0.6 is 11.3 Å². The van der Waals surface area contributed by atoms with Gasteiger partial charge in [0, 0.05) is 37.2 Å². The van der Waals surface area contributed by atoms with E-state index in [1.807, 2.05) is 11.3 Å². The van der Waals surface area contributed by atoms with Crippen molar-refractivity contribution in [1.29, 1.82) is 0 Å². The first-order valence-corrected chi connectivity index (χ1v) is 18.6.